The van der Waals surface area contributed by atoms with Crippen LogP contribution in [-0.2, 0) is 0 Å². The van der Waals surface area contributed by atoms with Crippen LogP contribution in [0, 0.1) is 12.7 Å². The van der Waals surface area contributed by atoms with Gasteiger partial charge in [-0.15, -0.1) is 0 Å². The molecule has 2 heterocycles. The van der Waals surface area contributed by atoms with Gasteiger partial charge in [0, 0.05) is 52.3 Å². The lowest BCUT2D eigenvalue weighted by atomic mass is 10.1. The smallest absolute Gasteiger partial charge is 0.255 e. The van der Waals surface area contributed by atoms with Crippen LogP contribution in [0.5, 0.6) is 0 Å². The zero-order valence-electron chi connectivity index (χ0n) is 18.9. The molecule has 0 aliphatic rings. The monoisotopic (exact) mass is 463 g/mol. The van der Waals surface area contributed by atoms with Crippen molar-refractivity contribution in [1.82, 2.24) is 9.97 Å². The van der Waals surface area contributed by atoms with Crippen LogP contribution in [0.25, 0.3) is 10.9 Å². The van der Waals surface area contributed by atoms with Gasteiger partial charge in [-0.1, -0.05) is 17.7 Å². The van der Waals surface area contributed by atoms with Gasteiger partial charge in [0.1, 0.15) is 5.82 Å². The number of nitrogens with one attached hydrogen (secondary N) is 3. The van der Waals surface area contributed by atoms with Crippen molar-refractivity contribution in [2.45, 2.75) is 6.92 Å². The fraction of sp³-hybridized carbons (Fsp3) is 0.0357. The quantitative estimate of drug-likeness (QED) is 0.258. The summed E-state index contributed by atoms with van der Waals surface area (Å²) in [6, 6.07) is 23.1. The van der Waals surface area contributed by atoms with E-state index in [0.29, 0.717) is 5.69 Å². The Kier molecular flexibility index (Phi) is 6.05. The highest BCUT2D eigenvalue weighted by Gasteiger charge is 2.12. The number of carbonyl (C=O) groups excluding carboxylic acids is 1. The summed E-state index contributed by atoms with van der Waals surface area (Å²) < 4.78 is 14.9. The van der Waals surface area contributed by atoms with E-state index in [9.17, 15) is 9.18 Å². The first-order valence-electron chi connectivity index (χ1n) is 11.1. The first-order chi connectivity index (χ1) is 17.0. The molecule has 0 saturated carbocycles. The molecule has 35 heavy (non-hydrogen) atoms. The Bertz CT molecular complexity index is 1520. The minimum atomic E-state index is -0.525. The normalized spacial score (nSPS) is 10.7. The van der Waals surface area contributed by atoms with Crippen molar-refractivity contribution in [1.29, 1.82) is 0 Å². The number of benzene rings is 3. The molecule has 6 nitrogen and oxygen atoms in total. The fourth-order valence-corrected chi connectivity index (χ4v) is 3.75. The molecule has 0 fully saturated rings. The summed E-state index contributed by atoms with van der Waals surface area (Å²) in [5.41, 5.74) is 5.42. The minimum Gasteiger partial charge on any atom is -0.355 e. The van der Waals surface area contributed by atoms with Crippen molar-refractivity contribution >= 4 is 45.2 Å². The molecule has 0 saturated heterocycles. The molecular weight excluding hydrogens is 441 g/mol. The Morgan fingerprint density at radius 3 is 2.43 bits per heavy atom. The van der Waals surface area contributed by atoms with E-state index in [0.717, 1.165) is 33.5 Å². The average molecular weight is 464 g/mol. The fourth-order valence-electron chi connectivity index (χ4n) is 3.75. The molecule has 5 rings (SSSR count). The zero-order chi connectivity index (χ0) is 24.2. The number of aromatic nitrogens is 2. The van der Waals surface area contributed by atoms with Crippen molar-refractivity contribution < 1.29 is 9.18 Å². The average Bonchev–Trinajstić information content (AvgIpc) is 2.86. The summed E-state index contributed by atoms with van der Waals surface area (Å²) in [7, 11) is 0. The molecule has 0 aliphatic carbocycles. The Morgan fingerprint density at radius 1 is 0.771 bits per heavy atom. The van der Waals surface area contributed by atoms with Crippen LogP contribution in [0.1, 0.15) is 15.9 Å². The Labute approximate surface area is 201 Å². The SMILES string of the molecule is Cc1ccc2nccc(Nc3ccc(C(=O)Nc4cccc(Nc5ccncc5)c4)cc3F)c2c1. The van der Waals surface area contributed by atoms with Gasteiger partial charge in [0.05, 0.1) is 11.2 Å². The largest absolute Gasteiger partial charge is 0.355 e. The van der Waals surface area contributed by atoms with Crippen molar-refractivity contribution in [2.24, 2.45) is 0 Å². The van der Waals surface area contributed by atoms with Crippen LogP contribution < -0.4 is 16.0 Å². The summed E-state index contributed by atoms with van der Waals surface area (Å²) in [6.45, 7) is 2.00. The molecule has 172 valence electrons. The van der Waals surface area contributed by atoms with E-state index >= 15 is 0 Å². The predicted molar refractivity (Wildman–Crippen MR) is 138 cm³/mol. The second-order valence-electron chi connectivity index (χ2n) is 8.09. The molecule has 7 heteroatoms. The number of amides is 1. The Morgan fingerprint density at radius 2 is 1.60 bits per heavy atom. The van der Waals surface area contributed by atoms with Crippen LogP contribution >= 0.6 is 0 Å². The number of rotatable bonds is 6. The van der Waals surface area contributed by atoms with Gasteiger partial charge in [0.15, 0.2) is 0 Å². The topological polar surface area (TPSA) is 78.9 Å². The molecular formula is C28H22FN5O. The third kappa shape index (κ3) is 5.09. The zero-order valence-corrected chi connectivity index (χ0v) is 18.9. The number of nitrogens with zero attached hydrogens (tertiary/aromatic N) is 2. The molecule has 3 N–H and O–H groups in total. The standard InChI is InChI=1S/C28H22FN5O/c1-18-5-7-25-23(15-18)26(11-14-31-25)34-27-8-6-19(16-24(27)29)28(35)33-22-4-2-3-21(17-22)32-20-9-12-30-13-10-20/h2-17H,1H3,(H,30,32)(H,31,34)(H,33,35). The van der Waals surface area contributed by atoms with Crippen molar-refractivity contribution in [3.05, 3.63) is 114 Å². The lowest BCUT2D eigenvalue weighted by molar-refractivity contribution is 0.102. The molecule has 0 radical (unpaired) electrons. The number of hydrogen-bond donors (Lipinski definition) is 3. The van der Waals surface area contributed by atoms with Crippen molar-refractivity contribution in [3.63, 3.8) is 0 Å². The van der Waals surface area contributed by atoms with Gasteiger partial charge in [-0.05, 0) is 73.7 Å². The van der Waals surface area contributed by atoms with E-state index in [2.05, 4.69) is 25.9 Å². The van der Waals surface area contributed by atoms with E-state index in [1.165, 1.54) is 6.07 Å². The number of aryl methyl sites for hydroxylation is 1. The van der Waals surface area contributed by atoms with Gasteiger partial charge in [-0.2, -0.15) is 0 Å². The molecule has 2 aromatic heterocycles. The highest BCUT2D eigenvalue weighted by Crippen LogP contribution is 2.28. The predicted octanol–water partition coefficient (Wildman–Crippen LogP) is 6.82. The Balaban J connectivity index is 1.31. The number of hydrogen-bond acceptors (Lipinski definition) is 5. The highest BCUT2D eigenvalue weighted by molar-refractivity contribution is 6.05. The number of halogens is 1. The van der Waals surface area contributed by atoms with Gasteiger partial charge in [-0.3, -0.25) is 14.8 Å². The molecule has 0 unspecified atom stereocenters. The first kappa shape index (κ1) is 22.0. The van der Waals surface area contributed by atoms with Crippen molar-refractivity contribution in [2.75, 3.05) is 16.0 Å². The maximum Gasteiger partial charge on any atom is 0.255 e. The van der Waals surface area contributed by atoms with E-state index in [4.69, 9.17) is 0 Å². The van der Waals surface area contributed by atoms with Crippen molar-refractivity contribution in [3.8, 4) is 0 Å². The van der Waals surface area contributed by atoms with Crippen LogP contribution in [0.4, 0.5) is 32.8 Å². The van der Waals surface area contributed by atoms with E-state index in [1.807, 2.05) is 49.4 Å². The summed E-state index contributed by atoms with van der Waals surface area (Å²) in [5.74, 6) is -0.926. The molecule has 0 atom stereocenters. The molecule has 0 spiro atoms. The lowest BCUT2D eigenvalue weighted by Crippen LogP contribution is -2.12. The van der Waals surface area contributed by atoms with Crippen LogP contribution in [0.3, 0.4) is 0 Å². The maximum atomic E-state index is 14.9. The maximum absolute atomic E-state index is 14.9. The van der Waals surface area contributed by atoms with Gasteiger partial charge >= 0.3 is 0 Å². The number of pyridine rings is 2. The van der Waals surface area contributed by atoms with Crippen LogP contribution in [0.15, 0.2) is 97.5 Å². The van der Waals surface area contributed by atoms with Crippen LogP contribution in [0.2, 0.25) is 0 Å². The van der Waals surface area contributed by atoms with E-state index in [1.54, 1.807) is 48.9 Å². The van der Waals surface area contributed by atoms with E-state index in [-0.39, 0.29) is 11.3 Å². The molecule has 0 bridgehead atoms. The third-order valence-electron chi connectivity index (χ3n) is 5.49. The Hall–Kier alpha value is -4.78. The van der Waals surface area contributed by atoms with E-state index < -0.39 is 11.7 Å². The highest BCUT2D eigenvalue weighted by atomic mass is 19.1. The number of fused-ring (bicyclic) bond motifs is 1. The summed E-state index contributed by atoms with van der Waals surface area (Å²) in [6.07, 6.45) is 5.07. The lowest BCUT2D eigenvalue weighted by Gasteiger charge is -2.12. The molecule has 1 amide bonds. The number of anilines is 5. The second-order valence-corrected chi connectivity index (χ2v) is 8.09. The second kappa shape index (κ2) is 9.61. The number of carbonyl (C=O) groups is 1. The molecule has 0 aliphatic heterocycles. The van der Waals surface area contributed by atoms with Gasteiger partial charge < -0.3 is 16.0 Å². The first-order valence-corrected chi connectivity index (χ1v) is 11.1. The summed E-state index contributed by atoms with van der Waals surface area (Å²) in [5, 5.41) is 10.1. The van der Waals surface area contributed by atoms with Gasteiger partial charge in [0.2, 0.25) is 0 Å². The van der Waals surface area contributed by atoms with Gasteiger partial charge in [-0.25, -0.2) is 4.39 Å². The molecule has 3 aromatic carbocycles. The van der Waals surface area contributed by atoms with Gasteiger partial charge in [0.25, 0.3) is 5.91 Å². The summed E-state index contributed by atoms with van der Waals surface area (Å²) in [4.78, 5) is 21.1. The van der Waals surface area contributed by atoms with Crippen LogP contribution in [-0.4, -0.2) is 15.9 Å². The minimum absolute atomic E-state index is 0.218. The third-order valence-corrected chi connectivity index (χ3v) is 5.49. The summed E-state index contributed by atoms with van der Waals surface area (Å²) >= 11 is 0. The molecule has 5 aromatic rings.